The molecule has 2 aromatic rings. The minimum atomic E-state index is -0.161. The molecule has 0 aliphatic heterocycles. The third-order valence-corrected chi connectivity index (χ3v) is 2.91. The van der Waals surface area contributed by atoms with Crippen LogP contribution in [0.1, 0.15) is 17.3 Å². The van der Waals surface area contributed by atoms with E-state index in [2.05, 4.69) is 15.9 Å². The van der Waals surface area contributed by atoms with Gasteiger partial charge in [-0.05, 0) is 24.6 Å². The molecule has 0 saturated carbocycles. The Hall–Kier alpha value is -1.07. The molecule has 4 nitrogen and oxygen atoms in total. The lowest BCUT2D eigenvalue weighted by molar-refractivity contribution is 0.0636. The Morgan fingerprint density at radius 2 is 2.31 bits per heavy atom. The van der Waals surface area contributed by atoms with Crippen molar-refractivity contribution in [2.75, 3.05) is 7.11 Å². The van der Waals surface area contributed by atoms with E-state index in [0.29, 0.717) is 11.0 Å². The van der Waals surface area contributed by atoms with Gasteiger partial charge in [0.05, 0.1) is 5.39 Å². The van der Waals surface area contributed by atoms with Crippen LogP contribution in [0.5, 0.6) is 0 Å². The monoisotopic (exact) mass is 285 g/mol. The van der Waals surface area contributed by atoms with E-state index in [-0.39, 0.29) is 17.1 Å². The third kappa shape index (κ3) is 1.92. The van der Waals surface area contributed by atoms with Crippen molar-refractivity contribution in [1.29, 1.82) is 0 Å². The largest absolute Gasteiger partial charge is 0.373 e. The van der Waals surface area contributed by atoms with Crippen LogP contribution in [-0.2, 0) is 11.5 Å². The Balaban J connectivity index is 2.58. The van der Waals surface area contributed by atoms with Crippen LogP contribution in [0, 0.1) is 0 Å². The van der Waals surface area contributed by atoms with Crippen LogP contribution in [0.15, 0.2) is 27.5 Å². The smallest absolute Gasteiger partial charge is 0.292 e. The lowest BCUT2D eigenvalue weighted by atomic mass is 10.1. The average Bonchev–Trinajstić information content (AvgIpc) is 2.56. The van der Waals surface area contributed by atoms with E-state index in [0.717, 1.165) is 5.56 Å². The number of nitrogens with zero attached hydrogens (tertiary/aromatic N) is 1. The Kier molecular flexibility index (Phi) is 3.16. The predicted molar refractivity (Wildman–Crippen MR) is 64.8 cm³/mol. The molecule has 86 valence electrons. The SMILES string of the molecule is COCn1oc2cc(C(C)Br)ccc2c1=O. The quantitative estimate of drug-likeness (QED) is 0.815. The van der Waals surface area contributed by atoms with Crippen molar-refractivity contribution in [3.63, 3.8) is 0 Å². The summed E-state index contributed by atoms with van der Waals surface area (Å²) in [6.07, 6.45) is 0. The van der Waals surface area contributed by atoms with Gasteiger partial charge in [-0.1, -0.05) is 22.0 Å². The van der Waals surface area contributed by atoms with E-state index >= 15 is 0 Å². The minimum absolute atomic E-state index is 0.132. The van der Waals surface area contributed by atoms with Gasteiger partial charge >= 0.3 is 0 Å². The first-order chi connectivity index (χ1) is 7.63. The maximum atomic E-state index is 11.8. The molecule has 1 aromatic heterocycles. The van der Waals surface area contributed by atoms with Crippen LogP contribution in [-0.4, -0.2) is 11.8 Å². The standard InChI is InChI=1S/C11H12BrNO3/c1-7(12)8-3-4-9-10(5-8)16-13(6-15-2)11(9)14/h3-5,7H,6H2,1-2H3. The van der Waals surface area contributed by atoms with Crippen molar-refractivity contribution in [2.24, 2.45) is 0 Å². The Labute approximate surface area is 101 Å². The van der Waals surface area contributed by atoms with Crippen LogP contribution >= 0.6 is 15.9 Å². The Bertz CT molecular complexity index is 556. The van der Waals surface area contributed by atoms with Gasteiger partial charge in [0.1, 0.15) is 0 Å². The number of alkyl halides is 1. The highest BCUT2D eigenvalue weighted by atomic mass is 79.9. The van der Waals surface area contributed by atoms with Crippen molar-refractivity contribution in [2.45, 2.75) is 18.5 Å². The molecule has 5 heteroatoms. The second-order valence-electron chi connectivity index (χ2n) is 3.56. The fraction of sp³-hybridized carbons (Fsp3) is 0.364. The highest BCUT2D eigenvalue weighted by Gasteiger charge is 2.10. The molecule has 0 N–H and O–H groups in total. The number of methoxy groups -OCH3 is 1. The number of fused-ring (bicyclic) bond motifs is 1. The van der Waals surface area contributed by atoms with Gasteiger partial charge in [0.25, 0.3) is 5.56 Å². The molecular formula is C11H12BrNO3. The number of hydrogen-bond donors (Lipinski definition) is 0. The van der Waals surface area contributed by atoms with Crippen LogP contribution in [0.4, 0.5) is 0 Å². The second kappa shape index (κ2) is 4.43. The highest BCUT2D eigenvalue weighted by Crippen LogP contribution is 2.24. The maximum absolute atomic E-state index is 11.8. The molecule has 16 heavy (non-hydrogen) atoms. The van der Waals surface area contributed by atoms with Gasteiger partial charge in [-0.2, -0.15) is 0 Å². The number of halogens is 1. The molecule has 0 aliphatic rings. The molecule has 0 aliphatic carbocycles. The molecule has 1 aromatic carbocycles. The highest BCUT2D eigenvalue weighted by molar-refractivity contribution is 9.09. The summed E-state index contributed by atoms with van der Waals surface area (Å²) in [7, 11) is 1.52. The molecule has 0 radical (unpaired) electrons. The topological polar surface area (TPSA) is 44.4 Å². The average molecular weight is 286 g/mol. The Morgan fingerprint density at radius 3 is 2.94 bits per heavy atom. The number of ether oxygens (including phenoxy) is 1. The van der Waals surface area contributed by atoms with E-state index < -0.39 is 0 Å². The molecule has 0 bridgehead atoms. The zero-order valence-corrected chi connectivity index (χ0v) is 10.7. The number of aromatic nitrogens is 1. The minimum Gasteiger partial charge on any atom is -0.373 e. The van der Waals surface area contributed by atoms with Gasteiger partial charge in [0.2, 0.25) is 0 Å². The van der Waals surface area contributed by atoms with E-state index in [1.807, 2.05) is 19.1 Å². The zero-order valence-electron chi connectivity index (χ0n) is 9.07. The normalized spacial score (nSPS) is 13.2. The first-order valence-electron chi connectivity index (χ1n) is 4.90. The molecular weight excluding hydrogens is 274 g/mol. The fourth-order valence-corrected chi connectivity index (χ4v) is 1.82. The maximum Gasteiger partial charge on any atom is 0.292 e. The van der Waals surface area contributed by atoms with E-state index in [9.17, 15) is 4.79 Å². The lowest BCUT2D eigenvalue weighted by Gasteiger charge is -2.01. The Morgan fingerprint density at radius 1 is 1.56 bits per heavy atom. The van der Waals surface area contributed by atoms with Crippen LogP contribution < -0.4 is 5.56 Å². The molecule has 0 saturated heterocycles. The summed E-state index contributed by atoms with van der Waals surface area (Å²) in [5.41, 5.74) is 1.50. The summed E-state index contributed by atoms with van der Waals surface area (Å²) in [4.78, 5) is 12.0. The van der Waals surface area contributed by atoms with Crippen LogP contribution in [0.25, 0.3) is 11.0 Å². The zero-order chi connectivity index (χ0) is 11.7. The van der Waals surface area contributed by atoms with Gasteiger partial charge in [-0.25, -0.2) is 0 Å². The van der Waals surface area contributed by atoms with Crippen molar-refractivity contribution in [1.82, 2.24) is 4.74 Å². The van der Waals surface area contributed by atoms with Crippen molar-refractivity contribution in [3.05, 3.63) is 34.1 Å². The summed E-state index contributed by atoms with van der Waals surface area (Å²) in [6, 6.07) is 5.55. The van der Waals surface area contributed by atoms with Gasteiger partial charge < -0.3 is 9.26 Å². The van der Waals surface area contributed by atoms with Crippen molar-refractivity contribution < 1.29 is 9.26 Å². The molecule has 1 atom stereocenters. The van der Waals surface area contributed by atoms with E-state index in [1.165, 1.54) is 11.8 Å². The summed E-state index contributed by atoms with van der Waals surface area (Å²) < 4.78 is 11.5. The first kappa shape index (κ1) is 11.4. The first-order valence-corrected chi connectivity index (χ1v) is 5.82. The summed E-state index contributed by atoms with van der Waals surface area (Å²) >= 11 is 3.47. The lowest BCUT2D eigenvalue weighted by Crippen LogP contribution is -2.14. The van der Waals surface area contributed by atoms with Gasteiger partial charge in [-0.15, -0.1) is 4.74 Å². The molecule has 0 amide bonds. The predicted octanol–water partition coefficient (Wildman–Crippen LogP) is 2.65. The summed E-state index contributed by atoms with van der Waals surface area (Å²) in [5, 5.41) is 0.578. The molecule has 2 rings (SSSR count). The number of rotatable bonds is 3. The van der Waals surface area contributed by atoms with Gasteiger partial charge in [0.15, 0.2) is 12.3 Å². The fourth-order valence-electron chi connectivity index (χ4n) is 1.54. The second-order valence-corrected chi connectivity index (χ2v) is 4.94. The van der Waals surface area contributed by atoms with E-state index in [1.54, 1.807) is 6.07 Å². The van der Waals surface area contributed by atoms with Gasteiger partial charge in [0, 0.05) is 11.9 Å². The molecule has 0 spiro atoms. The molecule has 1 heterocycles. The third-order valence-electron chi connectivity index (χ3n) is 2.38. The summed E-state index contributed by atoms with van der Waals surface area (Å²) in [5.74, 6) is 0. The number of benzene rings is 1. The van der Waals surface area contributed by atoms with Gasteiger partial charge in [-0.3, -0.25) is 4.79 Å². The molecule has 0 fully saturated rings. The number of hydrogen-bond acceptors (Lipinski definition) is 3. The van der Waals surface area contributed by atoms with Crippen LogP contribution in [0.2, 0.25) is 0 Å². The van der Waals surface area contributed by atoms with Crippen molar-refractivity contribution in [3.8, 4) is 0 Å². The molecule has 1 unspecified atom stereocenters. The summed E-state index contributed by atoms with van der Waals surface area (Å²) in [6.45, 7) is 2.15. The van der Waals surface area contributed by atoms with E-state index in [4.69, 9.17) is 9.26 Å². The van der Waals surface area contributed by atoms with Crippen molar-refractivity contribution >= 4 is 26.9 Å². The van der Waals surface area contributed by atoms with Crippen LogP contribution in [0.3, 0.4) is 0 Å².